The van der Waals surface area contributed by atoms with E-state index in [2.05, 4.69) is 18.4 Å². The average molecular weight is 349 g/mol. The van der Waals surface area contributed by atoms with E-state index in [1.165, 1.54) is 16.7 Å². The molecule has 1 amide bonds. The molecule has 0 bridgehead atoms. The summed E-state index contributed by atoms with van der Waals surface area (Å²) in [6.45, 7) is 2.78. The summed E-state index contributed by atoms with van der Waals surface area (Å²) < 4.78 is 22.7. The van der Waals surface area contributed by atoms with Gasteiger partial charge in [-0.05, 0) is 48.1 Å². The molecule has 1 aromatic heterocycles. The van der Waals surface area contributed by atoms with Crippen LogP contribution in [0.2, 0.25) is 0 Å². The Bertz CT molecular complexity index is 822. The minimum atomic E-state index is -3.06. The van der Waals surface area contributed by atoms with Crippen LogP contribution in [-0.4, -0.2) is 32.0 Å². The number of thiophene rings is 1. The minimum Gasteiger partial charge on any atom is -0.331 e. The van der Waals surface area contributed by atoms with E-state index in [0.717, 1.165) is 13.0 Å². The van der Waals surface area contributed by atoms with Crippen molar-refractivity contribution < 1.29 is 13.2 Å². The number of rotatable bonds is 3. The summed E-state index contributed by atoms with van der Waals surface area (Å²) in [5.41, 5.74) is 2.55. The Balaban J connectivity index is 1.79. The largest absolute Gasteiger partial charge is 0.331 e. The van der Waals surface area contributed by atoms with Gasteiger partial charge < -0.3 is 4.90 Å². The lowest BCUT2D eigenvalue weighted by Crippen LogP contribution is -2.38. The van der Waals surface area contributed by atoms with Gasteiger partial charge in [0.1, 0.15) is 0 Å². The van der Waals surface area contributed by atoms with Gasteiger partial charge in [-0.15, -0.1) is 11.3 Å². The van der Waals surface area contributed by atoms with Crippen LogP contribution in [0, 0.1) is 0 Å². The highest BCUT2D eigenvalue weighted by atomic mass is 32.2. The molecule has 1 aliphatic heterocycles. The zero-order valence-corrected chi connectivity index (χ0v) is 14.8. The van der Waals surface area contributed by atoms with E-state index in [4.69, 9.17) is 0 Å². The van der Waals surface area contributed by atoms with Gasteiger partial charge in [0.25, 0.3) is 5.91 Å². The van der Waals surface area contributed by atoms with Crippen molar-refractivity contribution in [2.45, 2.75) is 25.1 Å². The van der Waals surface area contributed by atoms with Crippen molar-refractivity contribution in [2.24, 2.45) is 0 Å². The van der Waals surface area contributed by atoms with Crippen LogP contribution in [0.5, 0.6) is 0 Å². The molecule has 0 N–H and O–H groups in total. The lowest BCUT2D eigenvalue weighted by molar-refractivity contribution is 0.0679. The first-order chi connectivity index (χ1) is 10.8. The summed E-state index contributed by atoms with van der Waals surface area (Å²) in [6.07, 6.45) is 2.11. The van der Waals surface area contributed by atoms with Gasteiger partial charge in [-0.1, -0.05) is 12.1 Å². The Morgan fingerprint density at radius 3 is 2.61 bits per heavy atom. The predicted octanol–water partition coefficient (Wildman–Crippen LogP) is 3.05. The number of hydrogen-bond donors (Lipinski definition) is 0. The fraction of sp³-hybridized carbons (Fsp3) is 0.353. The summed E-state index contributed by atoms with van der Waals surface area (Å²) in [5, 5.41) is 2.08. The number of carbonyl (C=O) groups excluding carboxylic acids is 1. The Morgan fingerprint density at radius 2 is 1.96 bits per heavy atom. The van der Waals surface area contributed by atoms with E-state index >= 15 is 0 Å². The Hall–Kier alpha value is -1.66. The third-order valence-electron chi connectivity index (χ3n) is 4.17. The van der Waals surface area contributed by atoms with Crippen LogP contribution >= 0.6 is 11.3 Å². The first-order valence-electron chi connectivity index (χ1n) is 7.49. The van der Waals surface area contributed by atoms with Crippen LogP contribution in [0.15, 0.2) is 35.7 Å². The van der Waals surface area contributed by atoms with Gasteiger partial charge in [-0.2, -0.15) is 0 Å². The summed E-state index contributed by atoms with van der Waals surface area (Å²) in [4.78, 5) is 16.0. The third kappa shape index (κ3) is 3.48. The molecule has 0 fully saturated rings. The molecule has 6 heteroatoms. The zero-order valence-electron chi connectivity index (χ0n) is 13.2. The Labute approximate surface area is 140 Å². The van der Waals surface area contributed by atoms with E-state index in [0.29, 0.717) is 11.1 Å². The molecule has 0 radical (unpaired) electrons. The maximum atomic E-state index is 12.7. The van der Waals surface area contributed by atoms with Crippen molar-refractivity contribution in [3.63, 3.8) is 0 Å². The number of benzene rings is 1. The van der Waals surface area contributed by atoms with Crippen LogP contribution in [0.3, 0.4) is 0 Å². The maximum absolute atomic E-state index is 12.7. The van der Waals surface area contributed by atoms with E-state index in [1.807, 2.05) is 4.90 Å². The van der Waals surface area contributed by atoms with E-state index < -0.39 is 9.84 Å². The second kappa shape index (κ2) is 6.09. The number of fused-ring (bicyclic) bond motifs is 1. The van der Waals surface area contributed by atoms with Gasteiger partial charge >= 0.3 is 0 Å². The van der Waals surface area contributed by atoms with E-state index in [1.54, 1.807) is 35.6 Å². The molecule has 2 aromatic rings. The third-order valence-corrected chi connectivity index (χ3v) is 6.02. The highest BCUT2D eigenvalue weighted by Crippen LogP contribution is 2.33. The van der Waals surface area contributed by atoms with Crippen molar-refractivity contribution in [3.05, 3.63) is 57.3 Å². The number of hydrogen-bond acceptors (Lipinski definition) is 4. The van der Waals surface area contributed by atoms with Crippen molar-refractivity contribution in [3.8, 4) is 0 Å². The minimum absolute atomic E-state index is 0.000148. The molecule has 2 heterocycles. The van der Waals surface area contributed by atoms with Gasteiger partial charge in [0, 0.05) is 23.2 Å². The normalized spacial score (nSPS) is 17.8. The number of sulfone groups is 1. The van der Waals surface area contributed by atoms with Crippen LogP contribution in [0.25, 0.3) is 0 Å². The first-order valence-corrected chi connectivity index (χ1v) is 10.4. The van der Waals surface area contributed by atoms with Crippen molar-refractivity contribution in [2.75, 3.05) is 12.8 Å². The SMILES string of the molecule is C[C@@H]1c2ccsc2CCN1C(=O)c1ccc(CS(C)(=O)=O)cc1. The quantitative estimate of drug-likeness (QED) is 0.856. The second-order valence-electron chi connectivity index (χ2n) is 5.99. The molecule has 0 saturated heterocycles. The fourth-order valence-electron chi connectivity index (χ4n) is 3.00. The van der Waals surface area contributed by atoms with Gasteiger partial charge in [-0.25, -0.2) is 8.42 Å². The first kappa shape index (κ1) is 16.2. The number of amides is 1. The molecule has 0 saturated carbocycles. The van der Waals surface area contributed by atoms with Gasteiger partial charge in [0.05, 0.1) is 11.8 Å². The smallest absolute Gasteiger partial charge is 0.254 e. The van der Waals surface area contributed by atoms with Gasteiger partial charge in [-0.3, -0.25) is 4.79 Å². The molecule has 0 aliphatic carbocycles. The van der Waals surface area contributed by atoms with Crippen LogP contribution in [-0.2, 0) is 22.0 Å². The predicted molar refractivity (Wildman–Crippen MR) is 92.5 cm³/mol. The molecule has 122 valence electrons. The fourth-order valence-corrected chi connectivity index (χ4v) is 4.76. The monoisotopic (exact) mass is 349 g/mol. The molecular formula is C17H19NO3S2. The Kier molecular flexibility index (Phi) is 4.29. The van der Waals surface area contributed by atoms with Crippen molar-refractivity contribution in [1.82, 2.24) is 4.90 Å². The topological polar surface area (TPSA) is 54.5 Å². The number of carbonyl (C=O) groups is 1. The van der Waals surface area contributed by atoms with Crippen molar-refractivity contribution >= 4 is 27.1 Å². The zero-order chi connectivity index (χ0) is 16.6. The molecule has 4 nitrogen and oxygen atoms in total. The lowest BCUT2D eigenvalue weighted by Gasteiger charge is -2.33. The van der Waals surface area contributed by atoms with E-state index in [-0.39, 0.29) is 17.7 Å². The van der Waals surface area contributed by atoms with Gasteiger partial charge in [0.2, 0.25) is 0 Å². The highest BCUT2D eigenvalue weighted by Gasteiger charge is 2.28. The number of nitrogens with zero attached hydrogens (tertiary/aromatic N) is 1. The molecule has 1 aliphatic rings. The molecule has 0 spiro atoms. The summed E-state index contributed by atoms with van der Waals surface area (Å²) in [7, 11) is -3.06. The molecule has 0 unspecified atom stereocenters. The maximum Gasteiger partial charge on any atom is 0.254 e. The van der Waals surface area contributed by atoms with Crippen LogP contribution in [0.1, 0.15) is 39.3 Å². The summed E-state index contributed by atoms with van der Waals surface area (Å²) >= 11 is 1.75. The van der Waals surface area contributed by atoms with Crippen molar-refractivity contribution in [1.29, 1.82) is 0 Å². The molecule has 3 rings (SSSR count). The lowest BCUT2D eigenvalue weighted by atomic mass is 10.00. The van der Waals surface area contributed by atoms with Crippen LogP contribution in [0.4, 0.5) is 0 Å². The second-order valence-corrected chi connectivity index (χ2v) is 9.13. The molecule has 1 aromatic carbocycles. The summed E-state index contributed by atoms with van der Waals surface area (Å²) in [6, 6.07) is 9.06. The molecular weight excluding hydrogens is 330 g/mol. The average Bonchev–Trinajstić information content (AvgIpc) is 2.95. The highest BCUT2D eigenvalue weighted by molar-refractivity contribution is 7.89. The van der Waals surface area contributed by atoms with E-state index in [9.17, 15) is 13.2 Å². The van der Waals surface area contributed by atoms with Gasteiger partial charge in [0.15, 0.2) is 9.84 Å². The van der Waals surface area contributed by atoms with Crippen LogP contribution < -0.4 is 0 Å². The Morgan fingerprint density at radius 1 is 1.26 bits per heavy atom. The standard InChI is InChI=1S/C17H19NO3S2/c1-12-15-8-10-22-16(15)7-9-18(12)17(19)14-5-3-13(4-6-14)11-23(2,20)21/h3-6,8,10,12H,7,9,11H2,1-2H3/t12-/m1/s1. The summed E-state index contributed by atoms with van der Waals surface area (Å²) in [5.74, 6) is 0.0000892. The molecule has 23 heavy (non-hydrogen) atoms. The molecule has 1 atom stereocenters.